The van der Waals surface area contributed by atoms with Gasteiger partial charge in [-0.05, 0) is 23.6 Å². The van der Waals surface area contributed by atoms with E-state index in [2.05, 4.69) is 19.9 Å². The van der Waals surface area contributed by atoms with Crippen molar-refractivity contribution in [3.8, 4) is 11.5 Å². The summed E-state index contributed by atoms with van der Waals surface area (Å²) in [6, 6.07) is 5.80. The number of hydrogen-bond acceptors (Lipinski definition) is 3. The summed E-state index contributed by atoms with van der Waals surface area (Å²) >= 11 is 0. The first-order valence-electron chi connectivity index (χ1n) is 5.74. The van der Waals surface area contributed by atoms with Crippen LogP contribution < -0.4 is 15.2 Å². The van der Waals surface area contributed by atoms with Gasteiger partial charge in [-0.2, -0.15) is 0 Å². The summed E-state index contributed by atoms with van der Waals surface area (Å²) in [5, 5.41) is 0. The smallest absolute Gasteiger partial charge is 0.123 e. The molecule has 0 bridgehead atoms. The van der Waals surface area contributed by atoms with Crippen LogP contribution in [0.1, 0.15) is 19.4 Å². The normalized spacial score (nSPS) is 11.8. The van der Waals surface area contributed by atoms with Crippen molar-refractivity contribution < 1.29 is 9.47 Å². The topological polar surface area (TPSA) is 44.5 Å². The molecule has 0 heterocycles. The zero-order valence-corrected chi connectivity index (χ0v) is 11.0. The molecular formula is C14H21NO2. The predicted molar refractivity (Wildman–Crippen MR) is 71.4 cm³/mol. The molecule has 0 atom stereocenters. The van der Waals surface area contributed by atoms with Crippen LogP contribution in [-0.4, -0.2) is 20.8 Å². The third kappa shape index (κ3) is 3.79. The Kier molecular flexibility index (Phi) is 5.04. The fourth-order valence-electron chi connectivity index (χ4n) is 1.59. The van der Waals surface area contributed by atoms with E-state index in [1.165, 1.54) is 5.57 Å². The molecule has 1 aromatic rings. The van der Waals surface area contributed by atoms with Gasteiger partial charge in [-0.15, -0.1) is 0 Å². The van der Waals surface area contributed by atoms with Crippen molar-refractivity contribution >= 4 is 6.08 Å². The quantitative estimate of drug-likeness (QED) is 0.853. The fourth-order valence-corrected chi connectivity index (χ4v) is 1.59. The molecule has 2 N–H and O–H groups in total. The highest BCUT2D eigenvalue weighted by molar-refractivity contribution is 5.58. The first kappa shape index (κ1) is 13.6. The van der Waals surface area contributed by atoms with Gasteiger partial charge < -0.3 is 15.2 Å². The van der Waals surface area contributed by atoms with Gasteiger partial charge >= 0.3 is 0 Å². The van der Waals surface area contributed by atoms with Crippen LogP contribution >= 0.6 is 0 Å². The number of nitrogens with two attached hydrogens (primary N) is 1. The summed E-state index contributed by atoms with van der Waals surface area (Å²) in [4.78, 5) is 0. The van der Waals surface area contributed by atoms with Crippen LogP contribution in [0.3, 0.4) is 0 Å². The highest BCUT2D eigenvalue weighted by Crippen LogP contribution is 2.24. The van der Waals surface area contributed by atoms with E-state index in [-0.39, 0.29) is 0 Å². The molecule has 0 fully saturated rings. The lowest BCUT2D eigenvalue weighted by Gasteiger charge is -2.10. The second-order valence-corrected chi connectivity index (χ2v) is 4.22. The highest BCUT2D eigenvalue weighted by Gasteiger charge is 2.04. The molecule has 0 spiro atoms. The Balaban J connectivity index is 3.12. The molecule has 0 radical (unpaired) electrons. The summed E-state index contributed by atoms with van der Waals surface area (Å²) in [6.45, 7) is 4.84. The minimum atomic E-state index is 0.442. The third-order valence-electron chi connectivity index (χ3n) is 2.70. The summed E-state index contributed by atoms with van der Waals surface area (Å²) in [5.74, 6) is 2.02. The van der Waals surface area contributed by atoms with Gasteiger partial charge in [0.2, 0.25) is 0 Å². The molecule has 0 saturated carbocycles. The summed E-state index contributed by atoms with van der Waals surface area (Å²) in [5.41, 5.74) is 7.99. The van der Waals surface area contributed by atoms with Crippen molar-refractivity contribution in [1.82, 2.24) is 0 Å². The van der Waals surface area contributed by atoms with Crippen LogP contribution in [-0.2, 0) is 0 Å². The minimum Gasteiger partial charge on any atom is -0.497 e. The van der Waals surface area contributed by atoms with E-state index >= 15 is 0 Å². The van der Waals surface area contributed by atoms with Gasteiger partial charge in [0.1, 0.15) is 11.5 Å². The zero-order chi connectivity index (χ0) is 12.8. The van der Waals surface area contributed by atoms with Crippen LogP contribution in [0, 0.1) is 5.92 Å². The minimum absolute atomic E-state index is 0.442. The lowest BCUT2D eigenvalue weighted by atomic mass is 10.0. The molecule has 0 amide bonds. The summed E-state index contributed by atoms with van der Waals surface area (Å²) < 4.78 is 10.5. The van der Waals surface area contributed by atoms with E-state index in [1.54, 1.807) is 14.2 Å². The third-order valence-corrected chi connectivity index (χ3v) is 2.70. The van der Waals surface area contributed by atoms with Crippen LogP contribution in [0.5, 0.6) is 11.5 Å². The van der Waals surface area contributed by atoms with E-state index < -0.39 is 0 Å². The van der Waals surface area contributed by atoms with E-state index in [9.17, 15) is 0 Å². The second kappa shape index (κ2) is 6.30. The van der Waals surface area contributed by atoms with Gasteiger partial charge in [-0.3, -0.25) is 0 Å². The maximum absolute atomic E-state index is 5.73. The van der Waals surface area contributed by atoms with Gasteiger partial charge in [0, 0.05) is 12.6 Å². The molecule has 17 heavy (non-hydrogen) atoms. The van der Waals surface area contributed by atoms with Crippen LogP contribution in [0.4, 0.5) is 0 Å². The molecule has 1 aromatic carbocycles. The standard InChI is InChI=1S/C14H21NO2/c1-10(2)12(9-15)5-11-6-13(16-3)8-14(7-11)17-4/h5-8,10H,9,15H2,1-4H3. The summed E-state index contributed by atoms with van der Waals surface area (Å²) in [7, 11) is 3.29. The molecule has 0 aliphatic carbocycles. The number of ether oxygens (including phenoxy) is 2. The number of methoxy groups -OCH3 is 2. The molecule has 0 aliphatic heterocycles. The largest absolute Gasteiger partial charge is 0.497 e. The highest BCUT2D eigenvalue weighted by atomic mass is 16.5. The molecule has 3 nitrogen and oxygen atoms in total. The monoisotopic (exact) mass is 235 g/mol. The number of hydrogen-bond donors (Lipinski definition) is 1. The Morgan fingerprint density at radius 3 is 2.06 bits per heavy atom. The van der Waals surface area contributed by atoms with Gasteiger partial charge in [0.25, 0.3) is 0 Å². The average Bonchev–Trinajstić information content (AvgIpc) is 2.34. The maximum atomic E-state index is 5.73. The Labute approximate surface area is 103 Å². The Bertz CT molecular complexity index is 375. The number of rotatable bonds is 5. The predicted octanol–water partition coefficient (Wildman–Crippen LogP) is 2.70. The number of benzene rings is 1. The Morgan fingerprint density at radius 2 is 1.71 bits per heavy atom. The van der Waals surface area contributed by atoms with Crippen molar-refractivity contribution in [3.63, 3.8) is 0 Å². The second-order valence-electron chi connectivity index (χ2n) is 4.22. The van der Waals surface area contributed by atoms with Gasteiger partial charge in [0.15, 0.2) is 0 Å². The molecule has 0 unspecified atom stereocenters. The van der Waals surface area contributed by atoms with Crippen LogP contribution in [0.25, 0.3) is 6.08 Å². The average molecular weight is 235 g/mol. The molecule has 0 aliphatic rings. The molecule has 1 rings (SSSR count). The summed E-state index contributed by atoms with van der Waals surface area (Å²) in [6.07, 6.45) is 2.09. The van der Waals surface area contributed by atoms with Crippen molar-refractivity contribution in [2.75, 3.05) is 20.8 Å². The zero-order valence-electron chi connectivity index (χ0n) is 11.0. The van der Waals surface area contributed by atoms with Crippen molar-refractivity contribution in [2.24, 2.45) is 11.7 Å². The molecule has 94 valence electrons. The molecular weight excluding hydrogens is 214 g/mol. The lowest BCUT2D eigenvalue weighted by molar-refractivity contribution is 0.394. The molecule has 0 aromatic heterocycles. The SMILES string of the molecule is COc1cc(C=C(CN)C(C)C)cc(OC)c1. The van der Waals surface area contributed by atoms with Crippen LogP contribution in [0.2, 0.25) is 0 Å². The van der Waals surface area contributed by atoms with E-state index in [4.69, 9.17) is 15.2 Å². The lowest BCUT2D eigenvalue weighted by Crippen LogP contribution is -2.08. The molecule has 0 saturated heterocycles. The maximum Gasteiger partial charge on any atom is 0.123 e. The van der Waals surface area contributed by atoms with E-state index in [1.807, 2.05) is 18.2 Å². The van der Waals surface area contributed by atoms with Crippen molar-refractivity contribution in [1.29, 1.82) is 0 Å². The van der Waals surface area contributed by atoms with Gasteiger partial charge in [-0.1, -0.05) is 25.5 Å². The Morgan fingerprint density at radius 1 is 1.18 bits per heavy atom. The first-order valence-corrected chi connectivity index (χ1v) is 5.74. The van der Waals surface area contributed by atoms with E-state index in [0.717, 1.165) is 17.1 Å². The van der Waals surface area contributed by atoms with E-state index in [0.29, 0.717) is 12.5 Å². The van der Waals surface area contributed by atoms with Crippen LogP contribution in [0.15, 0.2) is 23.8 Å². The van der Waals surface area contributed by atoms with Crippen molar-refractivity contribution in [2.45, 2.75) is 13.8 Å². The Hall–Kier alpha value is -1.48. The molecule has 3 heteroatoms. The van der Waals surface area contributed by atoms with Gasteiger partial charge in [0.05, 0.1) is 14.2 Å². The first-order chi connectivity index (χ1) is 8.10. The van der Waals surface area contributed by atoms with Crippen molar-refractivity contribution in [3.05, 3.63) is 29.3 Å². The van der Waals surface area contributed by atoms with Gasteiger partial charge in [-0.25, -0.2) is 0 Å². The fraction of sp³-hybridized carbons (Fsp3) is 0.429.